The van der Waals surface area contributed by atoms with Crippen molar-refractivity contribution < 1.29 is 14.3 Å². The van der Waals surface area contributed by atoms with Gasteiger partial charge in [-0.25, -0.2) is 4.79 Å². The highest BCUT2D eigenvalue weighted by molar-refractivity contribution is 5.85. The summed E-state index contributed by atoms with van der Waals surface area (Å²) in [7, 11) is 0. The molecular formula is C11H21NO3. The van der Waals surface area contributed by atoms with Crippen LogP contribution in [0.1, 0.15) is 41.0 Å². The molecule has 0 aliphatic heterocycles. The third-order valence-corrected chi connectivity index (χ3v) is 1.97. The van der Waals surface area contributed by atoms with Gasteiger partial charge in [0.1, 0.15) is 5.60 Å². The lowest BCUT2D eigenvalue weighted by Gasteiger charge is -2.19. The van der Waals surface area contributed by atoms with Crippen LogP contribution in [0.25, 0.3) is 0 Å². The normalized spacial score (nSPS) is 13.1. The smallest absolute Gasteiger partial charge is 0.408 e. The fourth-order valence-corrected chi connectivity index (χ4v) is 0.875. The quantitative estimate of drug-likeness (QED) is 0.781. The van der Waals surface area contributed by atoms with Crippen molar-refractivity contribution in [2.24, 2.45) is 5.92 Å². The van der Waals surface area contributed by atoms with Crippen molar-refractivity contribution in [3.05, 3.63) is 0 Å². The second-order valence-corrected chi connectivity index (χ2v) is 4.63. The van der Waals surface area contributed by atoms with Gasteiger partial charge in [-0.15, -0.1) is 0 Å². The van der Waals surface area contributed by atoms with Crippen LogP contribution in [0.15, 0.2) is 0 Å². The number of hydrogen-bond acceptors (Lipinski definition) is 3. The molecule has 0 fully saturated rings. The molecule has 1 N–H and O–H groups in total. The number of alkyl carbamates (subject to hydrolysis) is 1. The molecule has 1 unspecified atom stereocenters. The number of ether oxygens (including phenoxy) is 1. The number of ketones is 1. The number of carbonyl (C=O) groups excluding carboxylic acids is 2. The Labute approximate surface area is 91.4 Å². The van der Waals surface area contributed by atoms with Crippen molar-refractivity contribution in [2.75, 3.05) is 6.54 Å². The average molecular weight is 215 g/mol. The summed E-state index contributed by atoms with van der Waals surface area (Å²) >= 11 is 0. The van der Waals surface area contributed by atoms with Crippen LogP contribution < -0.4 is 5.32 Å². The number of Topliss-reactive ketones (excluding diaryl/α,β-unsaturated/α-hetero) is 1. The molecule has 0 aliphatic rings. The first-order chi connectivity index (χ1) is 6.76. The minimum absolute atomic E-state index is 0.0139. The summed E-state index contributed by atoms with van der Waals surface area (Å²) < 4.78 is 5.00. The van der Waals surface area contributed by atoms with Crippen molar-refractivity contribution in [3.63, 3.8) is 0 Å². The van der Waals surface area contributed by atoms with E-state index >= 15 is 0 Å². The SMILES string of the molecule is CCC(C)C(=O)CNC(=O)OC(C)(C)C. The van der Waals surface area contributed by atoms with E-state index in [1.54, 1.807) is 20.8 Å². The fourth-order valence-electron chi connectivity index (χ4n) is 0.875. The third kappa shape index (κ3) is 6.94. The number of rotatable bonds is 4. The molecule has 0 bridgehead atoms. The Morgan fingerprint density at radius 1 is 1.33 bits per heavy atom. The van der Waals surface area contributed by atoms with Gasteiger partial charge >= 0.3 is 6.09 Å². The summed E-state index contributed by atoms with van der Waals surface area (Å²) in [6.07, 6.45) is 0.244. The van der Waals surface area contributed by atoms with Crippen LogP contribution in [0.3, 0.4) is 0 Å². The predicted molar refractivity (Wildman–Crippen MR) is 58.7 cm³/mol. The maximum Gasteiger partial charge on any atom is 0.408 e. The zero-order valence-electron chi connectivity index (χ0n) is 10.2. The Bertz CT molecular complexity index is 230. The summed E-state index contributed by atoms with van der Waals surface area (Å²) in [6.45, 7) is 9.17. The summed E-state index contributed by atoms with van der Waals surface area (Å²) in [4.78, 5) is 22.6. The highest BCUT2D eigenvalue weighted by Gasteiger charge is 2.17. The lowest BCUT2D eigenvalue weighted by molar-refractivity contribution is -0.121. The van der Waals surface area contributed by atoms with Gasteiger partial charge in [0.15, 0.2) is 5.78 Å². The predicted octanol–water partition coefficient (Wildman–Crippen LogP) is 2.13. The van der Waals surface area contributed by atoms with Gasteiger partial charge in [-0.05, 0) is 27.2 Å². The topological polar surface area (TPSA) is 55.4 Å². The molecule has 15 heavy (non-hydrogen) atoms. The standard InChI is InChI=1S/C11H21NO3/c1-6-8(2)9(13)7-12-10(14)15-11(3,4)5/h8H,6-7H2,1-5H3,(H,12,14). The molecule has 4 nitrogen and oxygen atoms in total. The van der Waals surface area contributed by atoms with Gasteiger partial charge in [0, 0.05) is 5.92 Å². The van der Waals surface area contributed by atoms with Crippen LogP contribution in [0.2, 0.25) is 0 Å². The highest BCUT2D eigenvalue weighted by Crippen LogP contribution is 2.06. The summed E-state index contributed by atoms with van der Waals surface area (Å²) in [5.74, 6) is 0.0169. The Morgan fingerprint density at radius 2 is 1.87 bits per heavy atom. The van der Waals surface area contributed by atoms with Crippen molar-refractivity contribution in [1.82, 2.24) is 5.32 Å². The third-order valence-electron chi connectivity index (χ3n) is 1.97. The van der Waals surface area contributed by atoms with Crippen molar-refractivity contribution in [2.45, 2.75) is 46.6 Å². The van der Waals surface area contributed by atoms with Crippen LogP contribution in [0.5, 0.6) is 0 Å². The summed E-state index contributed by atoms with van der Waals surface area (Å²) in [5, 5.41) is 2.44. The Morgan fingerprint density at radius 3 is 2.27 bits per heavy atom. The molecule has 0 saturated carbocycles. The molecule has 1 atom stereocenters. The van der Waals surface area contributed by atoms with Crippen LogP contribution >= 0.6 is 0 Å². The van der Waals surface area contributed by atoms with Crippen molar-refractivity contribution in [3.8, 4) is 0 Å². The molecule has 0 aromatic carbocycles. The Hall–Kier alpha value is -1.06. The second-order valence-electron chi connectivity index (χ2n) is 4.63. The van der Waals surface area contributed by atoms with E-state index in [9.17, 15) is 9.59 Å². The summed E-state index contributed by atoms with van der Waals surface area (Å²) in [5.41, 5.74) is -0.524. The molecule has 1 amide bonds. The molecule has 0 rings (SSSR count). The zero-order chi connectivity index (χ0) is 12.1. The van der Waals surface area contributed by atoms with Crippen LogP contribution in [-0.4, -0.2) is 24.0 Å². The largest absolute Gasteiger partial charge is 0.444 e. The zero-order valence-corrected chi connectivity index (χ0v) is 10.2. The molecule has 0 aromatic heterocycles. The Balaban J connectivity index is 3.87. The van der Waals surface area contributed by atoms with Crippen LogP contribution in [0, 0.1) is 5.92 Å². The average Bonchev–Trinajstić information content (AvgIpc) is 2.10. The molecule has 88 valence electrons. The van der Waals surface area contributed by atoms with Gasteiger partial charge in [-0.2, -0.15) is 0 Å². The lowest BCUT2D eigenvalue weighted by atomic mass is 10.0. The first-order valence-electron chi connectivity index (χ1n) is 5.25. The van der Waals surface area contributed by atoms with Gasteiger partial charge in [-0.3, -0.25) is 4.79 Å². The Kier molecular flexibility index (Phi) is 5.33. The second kappa shape index (κ2) is 5.73. The van der Waals surface area contributed by atoms with Gasteiger partial charge in [0.05, 0.1) is 6.54 Å². The number of amides is 1. The molecule has 0 aromatic rings. The first kappa shape index (κ1) is 13.9. The molecule has 0 radical (unpaired) electrons. The molecule has 4 heteroatoms. The molecule has 0 heterocycles. The highest BCUT2D eigenvalue weighted by atomic mass is 16.6. The number of nitrogens with one attached hydrogen (secondary N) is 1. The molecular weight excluding hydrogens is 194 g/mol. The van der Waals surface area contributed by atoms with E-state index in [1.165, 1.54) is 0 Å². The van der Waals surface area contributed by atoms with Crippen LogP contribution in [0.4, 0.5) is 4.79 Å². The number of carbonyl (C=O) groups is 2. The van der Waals surface area contributed by atoms with Gasteiger partial charge in [0.25, 0.3) is 0 Å². The van der Waals surface area contributed by atoms with E-state index < -0.39 is 11.7 Å². The molecule has 0 aliphatic carbocycles. The van der Waals surface area contributed by atoms with E-state index in [0.717, 1.165) is 6.42 Å². The monoisotopic (exact) mass is 215 g/mol. The molecule has 0 spiro atoms. The van der Waals surface area contributed by atoms with Gasteiger partial charge < -0.3 is 10.1 Å². The minimum atomic E-state index is -0.542. The number of hydrogen-bond donors (Lipinski definition) is 1. The van der Waals surface area contributed by atoms with E-state index in [1.807, 2.05) is 13.8 Å². The van der Waals surface area contributed by atoms with Gasteiger partial charge in [-0.1, -0.05) is 13.8 Å². The summed E-state index contributed by atoms with van der Waals surface area (Å²) in [6, 6.07) is 0. The maximum atomic E-state index is 11.4. The lowest BCUT2D eigenvalue weighted by Crippen LogP contribution is -2.36. The van der Waals surface area contributed by atoms with E-state index in [4.69, 9.17) is 4.74 Å². The maximum absolute atomic E-state index is 11.4. The van der Waals surface area contributed by atoms with E-state index in [-0.39, 0.29) is 18.2 Å². The van der Waals surface area contributed by atoms with Crippen molar-refractivity contribution in [1.29, 1.82) is 0 Å². The van der Waals surface area contributed by atoms with Gasteiger partial charge in [0.2, 0.25) is 0 Å². The minimum Gasteiger partial charge on any atom is -0.444 e. The van der Waals surface area contributed by atoms with Crippen molar-refractivity contribution >= 4 is 11.9 Å². The first-order valence-corrected chi connectivity index (χ1v) is 5.25. The van der Waals surface area contributed by atoms with E-state index in [0.29, 0.717) is 0 Å². The molecule has 0 saturated heterocycles. The van der Waals surface area contributed by atoms with Crippen LogP contribution in [-0.2, 0) is 9.53 Å². The fraction of sp³-hybridized carbons (Fsp3) is 0.818. The van der Waals surface area contributed by atoms with E-state index in [2.05, 4.69) is 5.32 Å².